The second-order valence-corrected chi connectivity index (χ2v) is 3.50. The minimum atomic E-state index is -0.314. The Balaban J connectivity index is 2.59. The van der Waals surface area contributed by atoms with Crippen LogP contribution in [0.2, 0.25) is 0 Å². The summed E-state index contributed by atoms with van der Waals surface area (Å²) in [6.07, 6.45) is 0. The Morgan fingerprint density at radius 1 is 1.33 bits per heavy atom. The average molecular weight is 206 g/mol. The Bertz CT molecular complexity index is 505. The molecule has 2 aromatic rings. The van der Waals surface area contributed by atoms with Crippen molar-refractivity contribution in [3.63, 3.8) is 0 Å². The first-order valence-electron chi connectivity index (χ1n) is 4.58. The van der Waals surface area contributed by atoms with E-state index in [9.17, 15) is 4.39 Å². The van der Waals surface area contributed by atoms with Crippen LogP contribution in [0.4, 0.5) is 10.3 Å². The molecular weight excluding hydrogens is 195 g/mol. The van der Waals surface area contributed by atoms with E-state index >= 15 is 0 Å². The summed E-state index contributed by atoms with van der Waals surface area (Å²) in [6.45, 7) is 3.58. The van der Waals surface area contributed by atoms with Gasteiger partial charge in [0.05, 0.1) is 0 Å². The van der Waals surface area contributed by atoms with E-state index in [-0.39, 0.29) is 11.7 Å². The average Bonchev–Trinajstić information content (AvgIpc) is 2.49. The molecule has 2 rings (SSSR count). The molecular formula is C11H11FN2O. The van der Waals surface area contributed by atoms with E-state index in [1.807, 2.05) is 13.0 Å². The quantitative estimate of drug-likeness (QED) is 0.780. The fourth-order valence-corrected chi connectivity index (χ4v) is 1.41. The van der Waals surface area contributed by atoms with E-state index < -0.39 is 0 Å². The summed E-state index contributed by atoms with van der Waals surface area (Å²) in [5, 5.41) is 3.74. The van der Waals surface area contributed by atoms with Gasteiger partial charge in [0, 0.05) is 11.1 Å². The summed E-state index contributed by atoms with van der Waals surface area (Å²) in [5.74, 6) is -0.0867. The maximum atomic E-state index is 13.6. The fourth-order valence-electron chi connectivity index (χ4n) is 1.41. The van der Waals surface area contributed by atoms with Gasteiger partial charge < -0.3 is 10.3 Å². The number of rotatable bonds is 1. The molecule has 0 saturated carbocycles. The molecule has 1 aromatic heterocycles. The molecule has 0 saturated heterocycles. The van der Waals surface area contributed by atoms with Crippen LogP contribution in [-0.4, -0.2) is 5.16 Å². The highest BCUT2D eigenvalue weighted by atomic mass is 19.1. The second kappa shape index (κ2) is 3.38. The number of hydrogen-bond donors (Lipinski definition) is 1. The van der Waals surface area contributed by atoms with Crippen molar-refractivity contribution in [1.82, 2.24) is 5.16 Å². The zero-order chi connectivity index (χ0) is 11.0. The molecule has 3 nitrogen and oxygen atoms in total. The molecule has 0 atom stereocenters. The predicted octanol–water partition coefficient (Wildman–Crippen LogP) is 2.68. The largest absolute Gasteiger partial charge is 0.367 e. The SMILES string of the molecule is Cc1ccc(-c2noc(N)c2C)c(F)c1. The van der Waals surface area contributed by atoms with Crippen LogP contribution in [0.25, 0.3) is 11.3 Å². The highest BCUT2D eigenvalue weighted by molar-refractivity contribution is 5.67. The normalized spacial score (nSPS) is 10.6. The van der Waals surface area contributed by atoms with Crippen LogP contribution in [0, 0.1) is 19.7 Å². The molecule has 0 unspecified atom stereocenters. The Hall–Kier alpha value is -1.84. The van der Waals surface area contributed by atoms with E-state index in [1.165, 1.54) is 6.07 Å². The van der Waals surface area contributed by atoms with Gasteiger partial charge in [-0.25, -0.2) is 4.39 Å². The lowest BCUT2D eigenvalue weighted by Gasteiger charge is -2.00. The van der Waals surface area contributed by atoms with Crippen molar-refractivity contribution >= 4 is 5.88 Å². The minimum absolute atomic E-state index is 0.227. The Morgan fingerprint density at radius 3 is 2.60 bits per heavy atom. The predicted molar refractivity (Wildman–Crippen MR) is 55.8 cm³/mol. The zero-order valence-corrected chi connectivity index (χ0v) is 8.54. The summed E-state index contributed by atoms with van der Waals surface area (Å²) in [6, 6.07) is 4.96. The zero-order valence-electron chi connectivity index (χ0n) is 8.54. The minimum Gasteiger partial charge on any atom is -0.367 e. The molecule has 0 amide bonds. The van der Waals surface area contributed by atoms with Gasteiger partial charge in [-0.05, 0) is 31.5 Å². The van der Waals surface area contributed by atoms with E-state index in [0.717, 1.165) is 5.56 Å². The van der Waals surface area contributed by atoms with E-state index in [1.54, 1.807) is 13.0 Å². The van der Waals surface area contributed by atoms with Crippen LogP contribution < -0.4 is 5.73 Å². The third kappa shape index (κ3) is 1.58. The summed E-state index contributed by atoms with van der Waals surface area (Å²) in [7, 11) is 0. The number of halogens is 1. The molecule has 1 aromatic carbocycles. The van der Waals surface area contributed by atoms with Crippen LogP contribution in [-0.2, 0) is 0 Å². The van der Waals surface area contributed by atoms with Crippen molar-refractivity contribution in [3.8, 4) is 11.3 Å². The van der Waals surface area contributed by atoms with Crippen molar-refractivity contribution in [2.75, 3.05) is 5.73 Å². The summed E-state index contributed by atoms with van der Waals surface area (Å²) < 4.78 is 18.4. The van der Waals surface area contributed by atoms with E-state index in [2.05, 4.69) is 5.16 Å². The van der Waals surface area contributed by atoms with Crippen molar-refractivity contribution in [2.45, 2.75) is 13.8 Å². The first-order chi connectivity index (χ1) is 7.09. The van der Waals surface area contributed by atoms with Gasteiger partial charge in [0.15, 0.2) is 0 Å². The molecule has 0 aliphatic heterocycles. The number of aromatic nitrogens is 1. The number of benzene rings is 1. The number of hydrogen-bond acceptors (Lipinski definition) is 3. The van der Waals surface area contributed by atoms with E-state index in [4.69, 9.17) is 10.3 Å². The van der Waals surface area contributed by atoms with Gasteiger partial charge in [-0.15, -0.1) is 0 Å². The number of aryl methyl sites for hydroxylation is 1. The molecule has 0 fully saturated rings. The molecule has 0 radical (unpaired) electrons. The van der Waals surface area contributed by atoms with Gasteiger partial charge in [0.1, 0.15) is 11.5 Å². The van der Waals surface area contributed by atoms with Crippen molar-refractivity contribution in [2.24, 2.45) is 0 Å². The molecule has 0 aliphatic carbocycles. The van der Waals surface area contributed by atoms with E-state index in [0.29, 0.717) is 16.8 Å². The summed E-state index contributed by atoms with van der Waals surface area (Å²) in [5.41, 5.74) is 7.92. The number of nitrogens with zero attached hydrogens (tertiary/aromatic N) is 1. The lowest BCUT2D eigenvalue weighted by molar-refractivity contribution is 0.438. The first kappa shape index (κ1) is 9.71. The number of anilines is 1. The summed E-state index contributed by atoms with van der Waals surface area (Å²) >= 11 is 0. The molecule has 15 heavy (non-hydrogen) atoms. The Labute approximate surface area is 86.7 Å². The standard InChI is InChI=1S/C11H11FN2O/c1-6-3-4-8(9(12)5-6)10-7(2)11(13)15-14-10/h3-5H,13H2,1-2H3. The maximum Gasteiger partial charge on any atom is 0.225 e. The lowest BCUT2D eigenvalue weighted by Crippen LogP contribution is -1.89. The highest BCUT2D eigenvalue weighted by Crippen LogP contribution is 2.28. The molecule has 0 aliphatic rings. The Kier molecular flexibility index (Phi) is 2.19. The van der Waals surface area contributed by atoms with Gasteiger partial charge in [-0.1, -0.05) is 11.2 Å². The Morgan fingerprint density at radius 2 is 2.07 bits per heavy atom. The smallest absolute Gasteiger partial charge is 0.225 e. The number of nitrogen functional groups attached to an aromatic ring is 1. The van der Waals surface area contributed by atoms with Gasteiger partial charge in [-0.3, -0.25) is 0 Å². The summed E-state index contributed by atoms with van der Waals surface area (Å²) in [4.78, 5) is 0. The van der Waals surface area contributed by atoms with Crippen molar-refractivity contribution in [1.29, 1.82) is 0 Å². The molecule has 0 bridgehead atoms. The van der Waals surface area contributed by atoms with Gasteiger partial charge in [0.2, 0.25) is 5.88 Å². The van der Waals surface area contributed by atoms with Crippen LogP contribution in [0.5, 0.6) is 0 Å². The molecule has 2 N–H and O–H groups in total. The molecule has 0 spiro atoms. The molecule has 4 heteroatoms. The fraction of sp³-hybridized carbons (Fsp3) is 0.182. The van der Waals surface area contributed by atoms with Crippen LogP contribution in [0.15, 0.2) is 22.7 Å². The van der Waals surface area contributed by atoms with Crippen molar-refractivity contribution in [3.05, 3.63) is 35.1 Å². The highest BCUT2D eigenvalue weighted by Gasteiger charge is 2.14. The van der Waals surface area contributed by atoms with Gasteiger partial charge >= 0.3 is 0 Å². The second-order valence-electron chi connectivity index (χ2n) is 3.50. The van der Waals surface area contributed by atoms with Crippen molar-refractivity contribution < 1.29 is 8.91 Å². The first-order valence-corrected chi connectivity index (χ1v) is 4.58. The maximum absolute atomic E-state index is 13.6. The molecule has 1 heterocycles. The van der Waals surface area contributed by atoms with Crippen LogP contribution in [0.3, 0.4) is 0 Å². The monoisotopic (exact) mass is 206 g/mol. The van der Waals surface area contributed by atoms with Crippen LogP contribution >= 0.6 is 0 Å². The third-order valence-corrected chi connectivity index (χ3v) is 2.34. The topological polar surface area (TPSA) is 52.0 Å². The number of nitrogens with two attached hydrogens (primary N) is 1. The third-order valence-electron chi connectivity index (χ3n) is 2.34. The van der Waals surface area contributed by atoms with Gasteiger partial charge in [-0.2, -0.15) is 0 Å². The molecule has 78 valence electrons. The lowest BCUT2D eigenvalue weighted by atomic mass is 10.1. The van der Waals surface area contributed by atoms with Gasteiger partial charge in [0.25, 0.3) is 0 Å². The van der Waals surface area contributed by atoms with Crippen LogP contribution in [0.1, 0.15) is 11.1 Å².